The first-order valence-corrected chi connectivity index (χ1v) is 13.7. The topological polar surface area (TPSA) is 111 Å². The van der Waals surface area contributed by atoms with Gasteiger partial charge in [0.2, 0.25) is 0 Å². The molecule has 1 aromatic heterocycles. The van der Waals surface area contributed by atoms with Gasteiger partial charge in [0.1, 0.15) is 17.1 Å². The maximum atomic E-state index is 15.0. The van der Waals surface area contributed by atoms with Gasteiger partial charge in [0.15, 0.2) is 16.6 Å². The Morgan fingerprint density at radius 3 is 2.55 bits per heavy atom. The number of halogens is 3. The molecule has 14 heteroatoms. The number of hydrogen-bond acceptors (Lipinski definition) is 9. The van der Waals surface area contributed by atoms with Gasteiger partial charge in [-0.1, -0.05) is 17.4 Å². The molecule has 2 fully saturated rings. The molecule has 2 N–H and O–H groups in total. The maximum Gasteiger partial charge on any atom is 0.586 e. The van der Waals surface area contributed by atoms with Gasteiger partial charge in [-0.15, -0.1) is 8.78 Å². The summed E-state index contributed by atoms with van der Waals surface area (Å²) < 4.78 is 62.2. The lowest BCUT2D eigenvalue weighted by Crippen LogP contribution is -2.64. The molecule has 2 amide bonds. The first kappa shape index (κ1) is 26.3. The fraction of sp³-hybridized carbons (Fsp3) is 0.250. The van der Waals surface area contributed by atoms with E-state index in [2.05, 4.69) is 25.0 Å². The van der Waals surface area contributed by atoms with Crippen molar-refractivity contribution < 1.29 is 41.7 Å². The second-order valence-corrected chi connectivity index (χ2v) is 10.9. The van der Waals surface area contributed by atoms with E-state index in [4.69, 9.17) is 14.5 Å². The molecule has 7 rings (SSSR count). The Morgan fingerprint density at radius 1 is 1.02 bits per heavy atom. The number of amides is 2. The summed E-state index contributed by atoms with van der Waals surface area (Å²) >= 11 is 1.35. The zero-order valence-corrected chi connectivity index (χ0v) is 22.6. The van der Waals surface area contributed by atoms with Gasteiger partial charge in [-0.2, -0.15) is 0 Å². The van der Waals surface area contributed by atoms with Crippen LogP contribution < -0.4 is 29.7 Å². The lowest BCUT2D eigenvalue weighted by molar-refractivity contribution is -0.286. The number of morpholine rings is 1. The van der Waals surface area contributed by atoms with Crippen LogP contribution in [0.25, 0.3) is 10.2 Å². The van der Waals surface area contributed by atoms with Crippen LogP contribution in [0.15, 0.2) is 48.5 Å². The zero-order valence-electron chi connectivity index (χ0n) is 21.8. The molecule has 3 aliphatic rings. The minimum Gasteiger partial charge on any atom is -0.496 e. The normalized spacial score (nSPS) is 19.8. The van der Waals surface area contributed by atoms with Crippen molar-refractivity contribution in [3.8, 4) is 17.2 Å². The molecule has 42 heavy (non-hydrogen) atoms. The Balaban J connectivity index is 1.18. The number of carbonyl (C=O) groups excluding carboxylic acids is 2. The summed E-state index contributed by atoms with van der Waals surface area (Å²) in [6, 6.07) is 11.3. The molecule has 216 valence electrons. The zero-order chi connectivity index (χ0) is 29.2. The first-order valence-electron chi connectivity index (χ1n) is 12.9. The average Bonchev–Trinajstić information content (AvgIpc) is 3.50. The van der Waals surface area contributed by atoms with Gasteiger partial charge < -0.3 is 34.5 Å². The van der Waals surface area contributed by atoms with Crippen LogP contribution in [0.5, 0.6) is 17.2 Å². The highest BCUT2D eigenvalue weighted by Gasteiger charge is 2.44. The number of alkyl halides is 2. The fourth-order valence-corrected chi connectivity index (χ4v) is 6.62. The van der Waals surface area contributed by atoms with Crippen LogP contribution in [-0.2, 0) is 4.74 Å². The molecule has 4 heterocycles. The van der Waals surface area contributed by atoms with Crippen molar-refractivity contribution >= 4 is 49.9 Å². The van der Waals surface area contributed by atoms with E-state index >= 15 is 4.39 Å². The highest BCUT2D eigenvalue weighted by atomic mass is 32.1. The number of aromatic nitrogens is 1. The second-order valence-electron chi connectivity index (χ2n) is 9.88. The number of carbonyl (C=O) groups is 2. The molecule has 4 aromatic rings. The van der Waals surface area contributed by atoms with Crippen molar-refractivity contribution in [1.82, 2.24) is 4.98 Å². The molecule has 2 bridgehead atoms. The molecule has 0 spiro atoms. The Bertz CT molecular complexity index is 1750. The van der Waals surface area contributed by atoms with Crippen LogP contribution in [0.1, 0.15) is 27.1 Å². The first-order chi connectivity index (χ1) is 20.2. The molecule has 2 atom stereocenters. The van der Waals surface area contributed by atoms with Crippen molar-refractivity contribution in [3.63, 3.8) is 0 Å². The van der Waals surface area contributed by atoms with Crippen LogP contribution in [0.2, 0.25) is 0 Å². The Morgan fingerprint density at radius 2 is 1.79 bits per heavy atom. The number of ether oxygens (including phenoxy) is 4. The lowest BCUT2D eigenvalue weighted by atomic mass is 9.92. The minimum atomic E-state index is -3.83. The van der Waals surface area contributed by atoms with Gasteiger partial charge >= 0.3 is 6.29 Å². The molecule has 3 aliphatic heterocycles. The summed E-state index contributed by atoms with van der Waals surface area (Å²) in [7, 11) is 1.43. The Labute approximate surface area is 239 Å². The number of anilines is 3. The van der Waals surface area contributed by atoms with Gasteiger partial charge in [0.25, 0.3) is 11.8 Å². The van der Waals surface area contributed by atoms with Crippen molar-refractivity contribution in [3.05, 3.63) is 65.5 Å². The van der Waals surface area contributed by atoms with E-state index in [9.17, 15) is 18.4 Å². The number of methoxy groups -OCH3 is 1. The van der Waals surface area contributed by atoms with E-state index in [1.54, 1.807) is 12.1 Å². The minimum absolute atomic E-state index is 0.0466. The van der Waals surface area contributed by atoms with E-state index in [1.807, 2.05) is 0 Å². The fourth-order valence-electron chi connectivity index (χ4n) is 5.37. The average molecular weight is 599 g/mol. The number of fused-ring (bicyclic) bond motifs is 4. The summed E-state index contributed by atoms with van der Waals surface area (Å²) in [4.78, 5) is 33.8. The number of nitrogens with zero attached hydrogens (tertiary/aromatic N) is 2. The Kier molecular flexibility index (Phi) is 6.13. The van der Waals surface area contributed by atoms with E-state index in [1.165, 1.54) is 42.7 Å². The van der Waals surface area contributed by atoms with Gasteiger partial charge in [0, 0.05) is 11.8 Å². The number of hydrogen-bond donors (Lipinski definition) is 2. The van der Waals surface area contributed by atoms with Crippen LogP contribution >= 0.6 is 11.3 Å². The molecule has 2 saturated heterocycles. The van der Waals surface area contributed by atoms with E-state index in [-0.39, 0.29) is 46.3 Å². The van der Waals surface area contributed by atoms with Crippen LogP contribution in [0.4, 0.5) is 29.7 Å². The van der Waals surface area contributed by atoms with E-state index in [0.29, 0.717) is 23.4 Å². The SMILES string of the molecule is COc1ccc2nc(N3C4COCC3C4)sc2c1C(=O)Nc1cccc(F)c1C(=O)Nc1ccc2c(c1)OC(F)(F)O2. The number of thiazole rings is 1. The third kappa shape index (κ3) is 4.43. The molecule has 0 radical (unpaired) electrons. The number of benzene rings is 3. The molecular weight excluding hydrogens is 577 g/mol. The smallest absolute Gasteiger partial charge is 0.496 e. The highest BCUT2D eigenvalue weighted by Crippen LogP contribution is 2.44. The van der Waals surface area contributed by atoms with Crippen molar-refractivity contribution in [2.75, 3.05) is 35.9 Å². The van der Waals surface area contributed by atoms with Gasteiger partial charge in [0.05, 0.1) is 53.9 Å². The van der Waals surface area contributed by atoms with Crippen molar-refractivity contribution in [2.24, 2.45) is 0 Å². The number of rotatable bonds is 6. The highest BCUT2D eigenvalue weighted by molar-refractivity contribution is 7.22. The summed E-state index contributed by atoms with van der Waals surface area (Å²) in [5, 5.41) is 5.86. The Hall–Kier alpha value is -4.56. The predicted octanol–water partition coefficient (Wildman–Crippen LogP) is 5.25. The molecule has 0 saturated carbocycles. The van der Waals surface area contributed by atoms with E-state index in [0.717, 1.165) is 23.7 Å². The van der Waals surface area contributed by atoms with E-state index < -0.39 is 29.5 Å². The number of nitrogens with one attached hydrogen (secondary N) is 2. The van der Waals surface area contributed by atoms with Crippen molar-refractivity contribution in [1.29, 1.82) is 0 Å². The summed E-state index contributed by atoms with van der Waals surface area (Å²) in [6.07, 6.45) is -2.81. The summed E-state index contributed by atoms with van der Waals surface area (Å²) in [6.45, 7) is 1.23. The van der Waals surface area contributed by atoms with Crippen LogP contribution in [0.3, 0.4) is 0 Å². The third-order valence-electron chi connectivity index (χ3n) is 7.28. The predicted molar refractivity (Wildman–Crippen MR) is 147 cm³/mol. The monoisotopic (exact) mass is 598 g/mol. The third-order valence-corrected chi connectivity index (χ3v) is 8.38. The van der Waals surface area contributed by atoms with Crippen LogP contribution in [0, 0.1) is 5.82 Å². The standard InChI is InChI=1S/C28H21F3N4O6S/c1-38-20-8-6-18-24(42-27(34-18)35-14-10-15(35)12-39-11-14)23(20)26(37)33-17-4-2-3-16(29)22(17)25(36)32-13-5-7-19-21(9-13)41-28(30,31)40-19/h2-9,14-15H,10-12H2,1H3,(H,32,36)(H,33,37). The molecule has 10 nitrogen and oxygen atoms in total. The molecular formula is C28H21F3N4O6S. The van der Waals surface area contributed by atoms with Crippen LogP contribution in [-0.4, -0.2) is 55.5 Å². The van der Waals surface area contributed by atoms with Crippen molar-refractivity contribution in [2.45, 2.75) is 24.8 Å². The summed E-state index contributed by atoms with van der Waals surface area (Å²) in [5.41, 5.74) is 0.261. The molecule has 3 aromatic carbocycles. The summed E-state index contributed by atoms with van der Waals surface area (Å²) in [5.74, 6) is -2.69. The lowest BCUT2D eigenvalue weighted by Gasteiger charge is -2.52. The quantitative estimate of drug-likeness (QED) is 0.310. The molecule has 0 aliphatic carbocycles. The van der Waals surface area contributed by atoms with Gasteiger partial charge in [-0.25, -0.2) is 9.37 Å². The second kappa shape index (κ2) is 9.77. The van der Waals surface area contributed by atoms with Gasteiger partial charge in [-0.05, 0) is 42.8 Å². The maximum absolute atomic E-state index is 15.0. The largest absolute Gasteiger partial charge is 0.586 e. The van der Waals surface area contributed by atoms with Gasteiger partial charge in [-0.3, -0.25) is 9.59 Å². The molecule has 2 unspecified atom stereocenters.